The highest BCUT2D eigenvalue weighted by Gasteiger charge is 2.14. The van der Waals surface area contributed by atoms with E-state index in [0.717, 1.165) is 28.2 Å². The van der Waals surface area contributed by atoms with Gasteiger partial charge < -0.3 is 9.47 Å². The smallest absolute Gasteiger partial charge is 0.261 e. The van der Waals surface area contributed by atoms with Crippen LogP contribution >= 0.6 is 0 Å². The molecule has 0 fully saturated rings. The number of methoxy groups -OCH3 is 1. The van der Waals surface area contributed by atoms with Crippen LogP contribution in [0, 0.1) is 20.8 Å². The zero-order chi connectivity index (χ0) is 22.0. The van der Waals surface area contributed by atoms with Crippen molar-refractivity contribution in [1.29, 1.82) is 0 Å². The van der Waals surface area contributed by atoms with E-state index in [-0.39, 0.29) is 5.56 Å². The van der Waals surface area contributed by atoms with Crippen molar-refractivity contribution in [2.75, 3.05) is 13.7 Å². The fourth-order valence-electron chi connectivity index (χ4n) is 3.72. The first-order valence-electron chi connectivity index (χ1n) is 10.3. The molecule has 0 saturated carbocycles. The van der Waals surface area contributed by atoms with Gasteiger partial charge >= 0.3 is 0 Å². The van der Waals surface area contributed by atoms with Crippen molar-refractivity contribution in [3.8, 4) is 22.9 Å². The number of ether oxygens (including phenoxy) is 2. The lowest BCUT2D eigenvalue weighted by Gasteiger charge is -2.17. The molecule has 4 aromatic rings. The predicted octanol–water partition coefficient (Wildman–Crippen LogP) is 5.08. The Morgan fingerprint density at radius 2 is 1.61 bits per heavy atom. The highest BCUT2D eigenvalue weighted by molar-refractivity contribution is 5.79. The Kier molecular flexibility index (Phi) is 5.76. The van der Waals surface area contributed by atoms with Crippen molar-refractivity contribution in [3.63, 3.8) is 0 Å². The molecular formula is C26H26N2O3. The molecule has 0 aliphatic heterocycles. The van der Waals surface area contributed by atoms with E-state index in [1.165, 1.54) is 5.56 Å². The number of benzene rings is 3. The second kappa shape index (κ2) is 8.64. The molecular weight excluding hydrogens is 388 g/mol. The molecule has 0 spiro atoms. The van der Waals surface area contributed by atoms with Gasteiger partial charge in [0.25, 0.3) is 5.56 Å². The van der Waals surface area contributed by atoms with Gasteiger partial charge in [-0.2, -0.15) is 0 Å². The molecule has 0 bridgehead atoms. The summed E-state index contributed by atoms with van der Waals surface area (Å²) in [6.07, 6.45) is 0. The van der Waals surface area contributed by atoms with E-state index in [0.29, 0.717) is 29.9 Å². The second-order valence-electron chi connectivity index (χ2n) is 7.64. The molecule has 158 valence electrons. The molecule has 31 heavy (non-hydrogen) atoms. The van der Waals surface area contributed by atoms with E-state index in [1.807, 2.05) is 55.5 Å². The number of nitrogens with zero attached hydrogens (tertiary/aromatic N) is 2. The zero-order valence-electron chi connectivity index (χ0n) is 18.3. The molecule has 0 saturated heterocycles. The minimum atomic E-state index is -0.0716. The van der Waals surface area contributed by atoms with Gasteiger partial charge in [0.2, 0.25) is 0 Å². The topological polar surface area (TPSA) is 53.3 Å². The van der Waals surface area contributed by atoms with E-state index in [1.54, 1.807) is 11.7 Å². The van der Waals surface area contributed by atoms with Crippen LogP contribution in [0.5, 0.6) is 11.5 Å². The summed E-state index contributed by atoms with van der Waals surface area (Å²) in [5, 5.41) is 0.600. The van der Waals surface area contributed by atoms with Gasteiger partial charge in [-0.25, -0.2) is 4.98 Å². The van der Waals surface area contributed by atoms with Crippen LogP contribution in [-0.4, -0.2) is 23.3 Å². The second-order valence-corrected chi connectivity index (χ2v) is 7.64. The van der Waals surface area contributed by atoms with Crippen molar-refractivity contribution >= 4 is 10.9 Å². The summed E-state index contributed by atoms with van der Waals surface area (Å²) in [5.74, 6) is 2.26. The first-order chi connectivity index (χ1) is 15.0. The molecule has 3 aromatic carbocycles. The number of hydrogen-bond acceptors (Lipinski definition) is 4. The van der Waals surface area contributed by atoms with Crippen molar-refractivity contribution < 1.29 is 9.47 Å². The monoisotopic (exact) mass is 414 g/mol. The number of aromatic nitrogens is 2. The first kappa shape index (κ1) is 20.7. The molecule has 5 nitrogen and oxygen atoms in total. The molecule has 0 aliphatic rings. The van der Waals surface area contributed by atoms with E-state index in [4.69, 9.17) is 14.5 Å². The van der Waals surface area contributed by atoms with Crippen LogP contribution in [0.1, 0.15) is 16.7 Å². The molecule has 1 aromatic heterocycles. The Bertz CT molecular complexity index is 1290. The van der Waals surface area contributed by atoms with Gasteiger partial charge in [0.15, 0.2) is 0 Å². The lowest BCUT2D eigenvalue weighted by atomic mass is 10.1. The van der Waals surface area contributed by atoms with Gasteiger partial charge in [0.1, 0.15) is 23.9 Å². The molecule has 0 amide bonds. The Morgan fingerprint density at radius 1 is 0.903 bits per heavy atom. The van der Waals surface area contributed by atoms with Gasteiger partial charge in [0.05, 0.1) is 24.6 Å². The van der Waals surface area contributed by atoms with Crippen LogP contribution in [0.4, 0.5) is 0 Å². The number of para-hydroxylation sites is 1. The van der Waals surface area contributed by atoms with Crippen molar-refractivity contribution in [1.82, 2.24) is 9.55 Å². The van der Waals surface area contributed by atoms with Crippen LogP contribution in [0.2, 0.25) is 0 Å². The average Bonchev–Trinajstić information content (AvgIpc) is 2.80. The normalized spacial score (nSPS) is 11.0. The van der Waals surface area contributed by atoms with Gasteiger partial charge in [0, 0.05) is 5.56 Å². The van der Waals surface area contributed by atoms with Crippen molar-refractivity contribution in [2.45, 2.75) is 27.3 Å². The third-order valence-corrected chi connectivity index (χ3v) is 5.64. The molecule has 4 rings (SSSR count). The molecule has 5 heteroatoms. The number of hydrogen-bond donors (Lipinski definition) is 0. The van der Waals surface area contributed by atoms with Crippen LogP contribution < -0.4 is 15.0 Å². The van der Waals surface area contributed by atoms with Crippen LogP contribution in [0.25, 0.3) is 22.3 Å². The fourth-order valence-corrected chi connectivity index (χ4v) is 3.72. The lowest BCUT2D eigenvalue weighted by Crippen LogP contribution is -2.26. The van der Waals surface area contributed by atoms with E-state index in [9.17, 15) is 4.79 Å². The van der Waals surface area contributed by atoms with Gasteiger partial charge in [-0.05, 0) is 73.9 Å². The number of fused-ring (bicyclic) bond motifs is 1. The van der Waals surface area contributed by atoms with E-state index >= 15 is 0 Å². The summed E-state index contributed by atoms with van der Waals surface area (Å²) < 4.78 is 13.1. The molecule has 1 heterocycles. The van der Waals surface area contributed by atoms with Crippen molar-refractivity contribution in [2.24, 2.45) is 0 Å². The number of aryl methyl sites for hydroxylation is 2. The van der Waals surface area contributed by atoms with Crippen LogP contribution in [0.3, 0.4) is 0 Å². The van der Waals surface area contributed by atoms with Crippen molar-refractivity contribution in [3.05, 3.63) is 87.7 Å². The Morgan fingerprint density at radius 3 is 2.35 bits per heavy atom. The molecule has 0 unspecified atom stereocenters. The molecule has 0 N–H and O–H groups in total. The molecule has 0 atom stereocenters. The minimum Gasteiger partial charge on any atom is -0.497 e. The standard InChI is InChI=1S/C26H26N2O3/c1-17-9-10-18(2)24(19(17)3)31-16-15-28-25(20-11-13-21(30-4)14-12-20)27-23-8-6-5-7-22(23)26(28)29/h5-14H,15-16H2,1-4H3. The maximum Gasteiger partial charge on any atom is 0.261 e. The number of rotatable bonds is 6. The summed E-state index contributed by atoms with van der Waals surface area (Å²) >= 11 is 0. The zero-order valence-corrected chi connectivity index (χ0v) is 18.3. The predicted molar refractivity (Wildman–Crippen MR) is 124 cm³/mol. The minimum absolute atomic E-state index is 0.0716. The van der Waals surface area contributed by atoms with Gasteiger partial charge in [-0.1, -0.05) is 24.3 Å². The Balaban J connectivity index is 1.73. The van der Waals surface area contributed by atoms with Crippen LogP contribution in [0.15, 0.2) is 65.5 Å². The lowest BCUT2D eigenvalue weighted by molar-refractivity contribution is 0.293. The largest absolute Gasteiger partial charge is 0.497 e. The van der Waals surface area contributed by atoms with Gasteiger partial charge in [-0.15, -0.1) is 0 Å². The van der Waals surface area contributed by atoms with E-state index < -0.39 is 0 Å². The summed E-state index contributed by atoms with van der Waals surface area (Å²) in [6, 6.07) is 19.2. The summed E-state index contributed by atoms with van der Waals surface area (Å²) in [6.45, 7) is 6.93. The third kappa shape index (κ3) is 4.04. The Hall–Kier alpha value is -3.60. The maximum absolute atomic E-state index is 13.3. The quantitative estimate of drug-likeness (QED) is 0.442. The maximum atomic E-state index is 13.3. The highest BCUT2D eigenvalue weighted by atomic mass is 16.5. The van der Waals surface area contributed by atoms with Crippen LogP contribution in [-0.2, 0) is 6.54 Å². The fraction of sp³-hybridized carbons (Fsp3) is 0.231. The summed E-state index contributed by atoms with van der Waals surface area (Å²) in [5.41, 5.74) is 4.86. The third-order valence-electron chi connectivity index (χ3n) is 5.64. The first-order valence-corrected chi connectivity index (χ1v) is 10.3. The SMILES string of the molecule is COc1ccc(-c2nc3ccccc3c(=O)n2CCOc2c(C)ccc(C)c2C)cc1. The van der Waals surface area contributed by atoms with Gasteiger partial charge in [-0.3, -0.25) is 9.36 Å². The van der Waals surface area contributed by atoms with E-state index in [2.05, 4.69) is 26.0 Å². The summed E-state index contributed by atoms with van der Waals surface area (Å²) in [4.78, 5) is 18.1. The average molecular weight is 415 g/mol. The summed E-state index contributed by atoms with van der Waals surface area (Å²) in [7, 11) is 1.63. The molecule has 0 radical (unpaired) electrons. The highest BCUT2D eigenvalue weighted by Crippen LogP contribution is 2.26. The Labute approximate surface area is 181 Å². The molecule has 0 aliphatic carbocycles.